The molecule has 104 valence electrons. The molecular weight excluding hydrogens is 242 g/mol. The lowest BCUT2D eigenvalue weighted by atomic mass is 10.0. The van der Waals surface area contributed by atoms with E-state index < -0.39 is 0 Å². The normalized spacial score (nSPS) is 28.6. The van der Waals surface area contributed by atoms with Crippen LogP contribution in [0.4, 0.5) is 0 Å². The van der Waals surface area contributed by atoms with E-state index in [1.165, 1.54) is 49.7 Å². The Morgan fingerprint density at radius 2 is 2.11 bits per heavy atom. The maximum Gasteiger partial charge on any atom is 0.156 e. The lowest BCUT2D eigenvalue weighted by molar-refractivity contribution is 0.235. The molecule has 0 radical (unpaired) electrons. The smallest absolute Gasteiger partial charge is 0.156 e. The highest BCUT2D eigenvalue weighted by atomic mass is 32.2. The fourth-order valence-corrected chi connectivity index (χ4v) is 3.60. The minimum atomic E-state index is 0.625. The van der Waals surface area contributed by atoms with Gasteiger partial charge in [-0.2, -0.15) is 0 Å². The topological polar surface area (TPSA) is 27.6 Å². The van der Waals surface area contributed by atoms with E-state index in [1.807, 2.05) is 11.8 Å². The lowest BCUT2D eigenvalue weighted by Gasteiger charge is -2.29. The Balaban J connectivity index is 1.71. The molecule has 2 heterocycles. The largest absolute Gasteiger partial charge is 0.362 e. The van der Waals surface area contributed by atoms with Crippen LogP contribution in [0.25, 0.3) is 0 Å². The van der Waals surface area contributed by atoms with Gasteiger partial charge in [0.25, 0.3) is 0 Å². The first-order valence-corrected chi connectivity index (χ1v) is 8.40. The minimum Gasteiger partial charge on any atom is -0.362 e. The quantitative estimate of drug-likeness (QED) is 0.850. The Morgan fingerprint density at radius 3 is 2.83 bits per heavy atom. The van der Waals surface area contributed by atoms with Crippen molar-refractivity contribution in [2.45, 2.75) is 45.6 Å². The maximum absolute atomic E-state index is 4.74. The number of nitrogens with one attached hydrogen (secondary N) is 1. The van der Waals surface area contributed by atoms with Gasteiger partial charge in [-0.05, 0) is 38.3 Å². The molecule has 18 heavy (non-hydrogen) atoms. The summed E-state index contributed by atoms with van der Waals surface area (Å²) in [5.74, 6) is 1.93. The van der Waals surface area contributed by atoms with Crippen LogP contribution in [0.2, 0.25) is 0 Å². The van der Waals surface area contributed by atoms with Crippen LogP contribution in [0.3, 0.4) is 0 Å². The number of hydrogen-bond acceptors (Lipinski definition) is 3. The second-order valence-corrected chi connectivity index (χ2v) is 6.80. The molecule has 1 unspecified atom stereocenters. The molecule has 0 spiro atoms. The van der Waals surface area contributed by atoms with Gasteiger partial charge in [0.2, 0.25) is 0 Å². The van der Waals surface area contributed by atoms with Crippen LogP contribution in [-0.4, -0.2) is 48.0 Å². The molecule has 0 aromatic carbocycles. The van der Waals surface area contributed by atoms with Crippen LogP contribution in [0.1, 0.15) is 39.5 Å². The van der Waals surface area contributed by atoms with Crippen molar-refractivity contribution in [2.75, 3.05) is 31.9 Å². The average molecular weight is 269 g/mol. The van der Waals surface area contributed by atoms with Gasteiger partial charge in [-0.3, -0.25) is 4.99 Å². The van der Waals surface area contributed by atoms with Crippen molar-refractivity contribution in [3.05, 3.63) is 0 Å². The highest BCUT2D eigenvalue weighted by molar-refractivity contribution is 8.13. The van der Waals surface area contributed by atoms with E-state index in [2.05, 4.69) is 24.1 Å². The summed E-state index contributed by atoms with van der Waals surface area (Å²) in [6, 6.07) is 0.625. The number of piperidine rings is 1. The zero-order valence-electron chi connectivity index (χ0n) is 11.8. The van der Waals surface area contributed by atoms with E-state index >= 15 is 0 Å². The maximum atomic E-state index is 4.74. The standard InChI is InChI=1S/C14H27N3S/c1-12(2)13-6-11-18-14(16-13)15-7-10-17-8-4-3-5-9-17/h12-13H,3-11H2,1-2H3,(H,15,16). The van der Waals surface area contributed by atoms with Gasteiger partial charge in [-0.15, -0.1) is 0 Å². The zero-order chi connectivity index (χ0) is 12.8. The van der Waals surface area contributed by atoms with E-state index in [0.29, 0.717) is 12.0 Å². The molecule has 0 aromatic heterocycles. The van der Waals surface area contributed by atoms with E-state index in [1.54, 1.807) is 0 Å². The number of aliphatic imine (C=N–C) groups is 1. The van der Waals surface area contributed by atoms with Gasteiger partial charge < -0.3 is 10.2 Å². The van der Waals surface area contributed by atoms with Crippen LogP contribution in [0.15, 0.2) is 4.99 Å². The van der Waals surface area contributed by atoms with Crippen LogP contribution in [-0.2, 0) is 0 Å². The molecule has 1 N–H and O–H groups in total. The SMILES string of the molecule is CC(C)C1CCSC(=NCCN2CCCCC2)N1. The van der Waals surface area contributed by atoms with E-state index in [4.69, 9.17) is 4.99 Å². The van der Waals surface area contributed by atoms with Gasteiger partial charge in [-0.25, -0.2) is 0 Å². The van der Waals surface area contributed by atoms with Crippen molar-refractivity contribution in [3.63, 3.8) is 0 Å². The molecule has 0 aliphatic carbocycles. The van der Waals surface area contributed by atoms with Crippen molar-refractivity contribution in [1.82, 2.24) is 10.2 Å². The predicted molar refractivity (Wildman–Crippen MR) is 81.4 cm³/mol. The molecule has 3 nitrogen and oxygen atoms in total. The summed E-state index contributed by atoms with van der Waals surface area (Å²) in [5.41, 5.74) is 0. The summed E-state index contributed by atoms with van der Waals surface area (Å²) in [6.45, 7) is 9.23. The van der Waals surface area contributed by atoms with Crippen LogP contribution < -0.4 is 5.32 Å². The molecule has 0 amide bonds. The molecule has 0 saturated carbocycles. The van der Waals surface area contributed by atoms with Gasteiger partial charge in [-0.1, -0.05) is 32.0 Å². The Hall–Kier alpha value is -0.220. The molecule has 1 atom stereocenters. The minimum absolute atomic E-state index is 0.625. The zero-order valence-corrected chi connectivity index (χ0v) is 12.6. The van der Waals surface area contributed by atoms with E-state index in [9.17, 15) is 0 Å². The third-order valence-corrected chi connectivity index (χ3v) is 4.86. The van der Waals surface area contributed by atoms with Crippen molar-refractivity contribution in [1.29, 1.82) is 0 Å². The molecule has 2 rings (SSSR count). The van der Waals surface area contributed by atoms with Crippen molar-refractivity contribution in [3.8, 4) is 0 Å². The highest BCUT2D eigenvalue weighted by Gasteiger charge is 2.20. The van der Waals surface area contributed by atoms with Crippen LogP contribution in [0, 0.1) is 5.92 Å². The second-order valence-electron chi connectivity index (χ2n) is 5.72. The summed E-state index contributed by atoms with van der Waals surface area (Å²) in [7, 11) is 0. The number of amidine groups is 1. The summed E-state index contributed by atoms with van der Waals surface area (Å²) in [5, 5.41) is 4.76. The van der Waals surface area contributed by atoms with Crippen LogP contribution in [0.5, 0.6) is 0 Å². The number of likely N-dealkylation sites (tertiary alicyclic amines) is 1. The third kappa shape index (κ3) is 4.47. The third-order valence-electron chi connectivity index (χ3n) is 3.90. The monoisotopic (exact) mass is 269 g/mol. The lowest BCUT2D eigenvalue weighted by Crippen LogP contribution is -2.41. The molecule has 0 aromatic rings. The van der Waals surface area contributed by atoms with Gasteiger partial charge in [0.15, 0.2) is 5.17 Å². The number of thioether (sulfide) groups is 1. The molecule has 0 bridgehead atoms. The Labute approximate surface area is 116 Å². The van der Waals surface area contributed by atoms with Crippen molar-refractivity contribution in [2.24, 2.45) is 10.9 Å². The predicted octanol–water partition coefficient (Wildman–Crippen LogP) is 2.58. The van der Waals surface area contributed by atoms with Crippen molar-refractivity contribution >= 4 is 16.9 Å². The molecule has 2 aliphatic rings. The van der Waals surface area contributed by atoms with Gasteiger partial charge in [0.1, 0.15) is 0 Å². The molecule has 4 heteroatoms. The number of nitrogens with zero attached hydrogens (tertiary/aromatic N) is 2. The average Bonchev–Trinajstić information content (AvgIpc) is 2.40. The molecule has 2 aliphatic heterocycles. The Morgan fingerprint density at radius 1 is 1.33 bits per heavy atom. The summed E-state index contributed by atoms with van der Waals surface area (Å²) < 4.78 is 0. The van der Waals surface area contributed by atoms with Gasteiger partial charge in [0.05, 0.1) is 6.54 Å². The summed E-state index contributed by atoms with van der Waals surface area (Å²) >= 11 is 1.89. The molecule has 2 saturated heterocycles. The Kier molecular flexibility index (Phi) is 5.83. The number of rotatable bonds is 4. The first-order valence-electron chi connectivity index (χ1n) is 7.42. The number of hydrogen-bond donors (Lipinski definition) is 1. The fraction of sp³-hybridized carbons (Fsp3) is 0.929. The molecule has 2 fully saturated rings. The van der Waals surface area contributed by atoms with Crippen LogP contribution >= 0.6 is 11.8 Å². The first kappa shape index (κ1) is 14.2. The summed E-state index contributed by atoms with van der Waals surface area (Å²) in [4.78, 5) is 7.29. The highest BCUT2D eigenvalue weighted by Crippen LogP contribution is 2.18. The summed E-state index contributed by atoms with van der Waals surface area (Å²) in [6.07, 6.45) is 5.43. The second kappa shape index (κ2) is 7.39. The molecular formula is C14H27N3S. The Bertz CT molecular complexity index is 272. The first-order chi connectivity index (χ1) is 8.75. The fourth-order valence-electron chi connectivity index (χ4n) is 2.62. The van der Waals surface area contributed by atoms with Gasteiger partial charge in [0, 0.05) is 18.3 Å². The van der Waals surface area contributed by atoms with E-state index in [-0.39, 0.29) is 0 Å². The van der Waals surface area contributed by atoms with Crippen molar-refractivity contribution < 1.29 is 0 Å². The van der Waals surface area contributed by atoms with E-state index in [0.717, 1.165) is 13.1 Å². The van der Waals surface area contributed by atoms with Gasteiger partial charge >= 0.3 is 0 Å².